The van der Waals surface area contributed by atoms with Gasteiger partial charge in [0.15, 0.2) is 10.3 Å². The van der Waals surface area contributed by atoms with Crippen molar-refractivity contribution in [2.45, 2.75) is 55.0 Å². The Labute approximate surface area is 126 Å². The van der Waals surface area contributed by atoms with Crippen LogP contribution in [-0.4, -0.2) is 30.8 Å². The molecule has 1 aliphatic carbocycles. The Morgan fingerprint density at radius 3 is 2.81 bits per heavy atom. The fraction of sp³-hybridized carbons (Fsp3) is 0.538. The molecule has 3 N–H and O–H groups in total. The largest absolute Gasteiger partial charge is 0.344 e. The average Bonchev–Trinajstić information content (AvgIpc) is 3.25. The van der Waals surface area contributed by atoms with Crippen LogP contribution in [0.25, 0.3) is 0 Å². The molecule has 0 spiro atoms. The van der Waals surface area contributed by atoms with Crippen molar-refractivity contribution in [1.82, 2.24) is 24.7 Å². The third kappa shape index (κ3) is 3.33. The summed E-state index contributed by atoms with van der Waals surface area (Å²) in [7, 11) is 0. The van der Waals surface area contributed by atoms with Crippen LogP contribution in [0, 0.1) is 0 Å². The van der Waals surface area contributed by atoms with Crippen LogP contribution < -0.4 is 11.4 Å². The lowest BCUT2D eigenvalue weighted by Crippen LogP contribution is -2.21. The molecule has 0 radical (unpaired) electrons. The van der Waals surface area contributed by atoms with Crippen molar-refractivity contribution in [3.8, 4) is 0 Å². The summed E-state index contributed by atoms with van der Waals surface area (Å²) in [5, 5.41) is 7.75. The molecule has 2 aromatic rings. The molecule has 7 nitrogen and oxygen atoms in total. The van der Waals surface area contributed by atoms with Gasteiger partial charge in [-0.3, -0.25) is 4.57 Å². The summed E-state index contributed by atoms with van der Waals surface area (Å²) in [4.78, 5) is 20.3. The first-order valence-electron chi connectivity index (χ1n) is 7.08. The van der Waals surface area contributed by atoms with Crippen molar-refractivity contribution in [2.75, 3.05) is 0 Å². The molecule has 1 saturated carbocycles. The van der Waals surface area contributed by atoms with Gasteiger partial charge in [0.25, 0.3) is 0 Å². The summed E-state index contributed by atoms with van der Waals surface area (Å²) < 4.78 is 1.69. The van der Waals surface area contributed by atoms with E-state index in [1.165, 1.54) is 11.8 Å². The highest BCUT2D eigenvalue weighted by Gasteiger charge is 2.29. The Bertz CT molecular complexity index is 660. The van der Waals surface area contributed by atoms with E-state index in [1.54, 1.807) is 17.0 Å². The van der Waals surface area contributed by atoms with Gasteiger partial charge in [0.05, 0.1) is 0 Å². The minimum absolute atomic E-state index is 0.137. The predicted molar refractivity (Wildman–Crippen MR) is 79.2 cm³/mol. The lowest BCUT2D eigenvalue weighted by atomic mass is 10.1. The highest BCUT2D eigenvalue weighted by atomic mass is 32.2. The van der Waals surface area contributed by atoms with Crippen LogP contribution >= 0.6 is 11.8 Å². The van der Waals surface area contributed by atoms with Crippen molar-refractivity contribution < 1.29 is 0 Å². The highest BCUT2D eigenvalue weighted by Crippen LogP contribution is 2.36. The number of nitrogens with two attached hydrogens (primary N) is 1. The monoisotopic (exact) mass is 306 g/mol. The normalized spacial score (nSPS) is 16.1. The molecule has 112 valence electrons. The van der Waals surface area contributed by atoms with Crippen LogP contribution in [0.3, 0.4) is 0 Å². The van der Waals surface area contributed by atoms with Gasteiger partial charge in [-0.1, -0.05) is 6.92 Å². The van der Waals surface area contributed by atoms with Crippen LogP contribution in [0.4, 0.5) is 0 Å². The van der Waals surface area contributed by atoms with E-state index in [2.05, 4.69) is 27.1 Å². The topological polar surface area (TPSA) is 102 Å². The van der Waals surface area contributed by atoms with Crippen LogP contribution in [0.15, 0.2) is 27.5 Å². The number of nitrogens with zero attached hydrogens (tertiary/aromatic N) is 4. The second-order valence-corrected chi connectivity index (χ2v) is 6.20. The second kappa shape index (κ2) is 5.98. The maximum Gasteiger partial charge on any atom is 0.344 e. The highest BCUT2D eigenvalue weighted by molar-refractivity contribution is 7.99. The molecule has 1 atom stereocenters. The Morgan fingerprint density at radius 2 is 2.19 bits per heavy atom. The summed E-state index contributed by atoms with van der Waals surface area (Å²) in [6.45, 7) is 2.06. The number of aromatic amines is 1. The number of rotatable bonds is 6. The number of aromatic nitrogens is 5. The lowest BCUT2D eigenvalue weighted by Gasteiger charge is -2.08. The minimum atomic E-state index is -0.162. The maximum absolute atomic E-state index is 11.7. The van der Waals surface area contributed by atoms with Gasteiger partial charge >= 0.3 is 5.69 Å². The van der Waals surface area contributed by atoms with Crippen LogP contribution in [0.2, 0.25) is 0 Å². The Morgan fingerprint density at radius 1 is 1.48 bits per heavy atom. The van der Waals surface area contributed by atoms with E-state index >= 15 is 0 Å². The zero-order valence-electron chi connectivity index (χ0n) is 11.8. The van der Waals surface area contributed by atoms with Crippen LogP contribution in [-0.2, 0) is 6.42 Å². The van der Waals surface area contributed by atoms with E-state index in [0.29, 0.717) is 10.3 Å². The van der Waals surface area contributed by atoms with Gasteiger partial charge in [-0.15, -0.1) is 5.10 Å². The number of H-pyrrole nitrogens is 1. The smallest absolute Gasteiger partial charge is 0.327 e. The third-order valence-electron chi connectivity index (χ3n) is 3.47. The van der Waals surface area contributed by atoms with Crippen molar-refractivity contribution in [1.29, 1.82) is 0 Å². The number of nitrogens with one attached hydrogen (secondary N) is 1. The molecule has 21 heavy (non-hydrogen) atoms. The van der Waals surface area contributed by atoms with Crippen molar-refractivity contribution in [3.05, 3.63) is 28.4 Å². The number of hydrogen-bond donors (Lipinski definition) is 2. The molecule has 1 fully saturated rings. The molecule has 0 amide bonds. The Kier molecular flexibility index (Phi) is 4.07. The summed E-state index contributed by atoms with van der Waals surface area (Å²) >= 11 is 1.30. The van der Waals surface area contributed by atoms with Gasteiger partial charge in [0, 0.05) is 24.5 Å². The van der Waals surface area contributed by atoms with E-state index in [9.17, 15) is 4.79 Å². The molecule has 1 unspecified atom stereocenters. The molecule has 0 bridgehead atoms. The zero-order chi connectivity index (χ0) is 14.8. The Balaban J connectivity index is 1.72. The average molecular weight is 306 g/mol. The molecule has 1 aliphatic rings. The zero-order valence-corrected chi connectivity index (χ0v) is 12.6. The first-order valence-corrected chi connectivity index (χ1v) is 7.90. The minimum Gasteiger partial charge on any atom is -0.327 e. The van der Waals surface area contributed by atoms with E-state index in [0.717, 1.165) is 31.2 Å². The molecule has 0 aliphatic heterocycles. The van der Waals surface area contributed by atoms with Gasteiger partial charge < -0.3 is 5.73 Å². The molecule has 3 rings (SSSR count). The van der Waals surface area contributed by atoms with Crippen molar-refractivity contribution >= 4 is 11.8 Å². The van der Waals surface area contributed by atoms with Gasteiger partial charge in [-0.25, -0.2) is 19.9 Å². The first-order chi connectivity index (χ1) is 10.2. The SMILES string of the molecule is CCC(N)Cc1cnc(Sc2n[nH]c(=O)n2C2CC2)nc1. The fourth-order valence-electron chi connectivity index (χ4n) is 2.05. The quantitative estimate of drug-likeness (QED) is 0.776. The first kappa shape index (κ1) is 14.3. The van der Waals surface area contributed by atoms with Gasteiger partial charge in [-0.05, 0) is 43.0 Å². The predicted octanol–water partition coefficient (Wildman–Crippen LogP) is 1.13. The fourth-order valence-corrected chi connectivity index (χ4v) is 2.84. The molecule has 2 heterocycles. The summed E-state index contributed by atoms with van der Waals surface area (Å²) in [6.07, 6.45) is 7.34. The standard InChI is InChI=1S/C13H18N6OS/c1-2-9(14)5-8-6-15-11(16-7-8)21-13-18-17-12(20)19(13)10-3-4-10/h6-7,9-10H,2-5,14H2,1H3,(H,17,20). The second-order valence-electron chi connectivity index (χ2n) is 5.26. The van der Waals surface area contributed by atoms with Gasteiger partial charge in [0.2, 0.25) is 0 Å². The molecule has 2 aromatic heterocycles. The lowest BCUT2D eigenvalue weighted by molar-refractivity contribution is 0.638. The van der Waals surface area contributed by atoms with Gasteiger partial charge in [0.1, 0.15) is 0 Å². The van der Waals surface area contributed by atoms with Crippen molar-refractivity contribution in [2.24, 2.45) is 5.73 Å². The Hall–Kier alpha value is -1.67. The molecule has 0 aromatic carbocycles. The van der Waals surface area contributed by atoms with Crippen LogP contribution in [0.1, 0.15) is 37.8 Å². The van der Waals surface area contributed by atoms with Gasteiger partial charge in [-0.2, -0.15) is 0 Å². The summed E-state index contributed by atoms with van der Waals surface area (Å²) in [5.74, 6) is 0. The van der Waals surface area contributed by atoms with Crippen LogP contribution in [0.5, 0.6) is 0 Å². The molecular formula is C13H18N6OS. The molecule has 0 saturated heterocycles. The number of hydrogen-bond acceptors (Lipinski definition) is 6. The van der Waals surface area contributed by atoms with E-state index in [1.807, 2.05) is 0 Å². The summed E-state index contributed by atoms with van der Waals surface area (Å²) in [6, 6.07) is 0.416. The third-order valence-corrected chi connectivity index (χ3v) is 4.33. The summed E-state index contributed by atoms with van der Waals surface area (Å²) in [5.41, 5.74) is 6.78. The van der Waals surface area contributed by atoms with E-state index < -0.39 is 0 Å². The molecule has 8 heteroatoms. The maximum atomic E-state index is 11.7. The van der Waals surface area contributed by atoms with E-state index in [4.69, 9.17) is 5.73 Å². The molecular weight excluding hydrogens is 288 g/mol. The van der Waals surface area contributed by atoms with Crippen molar-refractivity contribution in [3.63, 3.8) is 0 Å². The van der Waals surface area contributed by atoms with E-state index in [-0.39, 0.29) is 17.8 Å².